The maximum absolute atomic E-state index is 10.00. The van der Waals surface area contributed by atoms with Gasteiger partial charge < -0.3 is 14.4 Å². The fourth-order valence-corrected chi connectivity index (χ4v) is 1.30. The smallest absolute Gasteiger partial charge is 0.423 e. The second-order valence-electron chi connectivity index (χ2n) is 5.14. The first-order valence-corrected chi connectivity index (χ1v) is 5.59. The van der Waals surface area contributed by atoms with Crippen LogP contribution in [0.5, 0.6) is 0 Å². The molecule has 1 aromatic heterocycles. The van der Waals surface area contributed by atoms with E-state index in [0.29, 0.717) is 5.46 Å². The molecule has 0 unspecified atom stereocenters. The van der Waals surface area contributed by atoms with Gasteiger partial charge in [0.1, 0.15) is 0 Å². The molecule has 1 heterocycles. The van der Waals surface area contributed by atoms with E-state index in [-0.39, 0.29) is 0 Å². The molecular weight excluding hydrogens is 219 g/mol. The Morgan fingerprint density at radius 3 is 2.29 bits per heavy atom. The van der Waals surface area contributed by atoms with Crippen LogP contribution in [-0.2, 0) is 16.4 Å². The van der Waals surface area contributed by atoms with Gasteiger partial charge in [-0.25, -0.2) is 0 Å². The van der Waals surface area contributed by atoms with Gasteiger partial charge in [-0.15, -0.1) is 0 Å². The van der Waals surface area contributed by atoms with Crippen molar-refractivity contribution in [2.24, 2.45) is 7.05 Å². The largest absolute Gasteiger partial charge is 0.494 e. The van der Waals surface area contributed by atoms with Gasteiger partial charge in [-0.05, 0) is 27.7 Å². The second kappa shape index (κ2) is 4.80. The average Bonchev–Trinajstić information content (AvgIpc) is 2.64. The van der Waals surface area contributed by atoms with E-state index in [0.717, 1.165) is 0 Å². The van der Waals surface area contributed by atoms with E-state index in [1.165, 1.54) is 0 Å². The first kappa shape index (κ1) is 14.2. The van der Waals surface area contributed by atoms with Crippen molar-refractivity contribution in [1.29, 1.82) is 0 Å². The Balaban J connectivity index is 2.77. The normalized spacial score (nSPS) is 12.9. The molecular formula is C11H21BN2O3. The maximum atomic E-state index is 10.00. The van der Waals surface area contributed by atoms with E-state index in [2.05, 4.69) is 5.10 Å². The summed E-state index contributed by atoms with van der Waals surface area (Å²) < 4.78 is 12.7. The molecule has 0 aliphatic carbocycles. The van der Waals surface area contributed by atoms with Crippen LogP contribution >= 0.6 is 0 Å². The van der Waals surface area contributed by atoms with Crippen molar-refractivity contribution in [3.8, 4) is 0 Å². The number of rotatable bonds is 5. The third-order valence-electron chi connectivity index (χ3n) is 3.38. The summed E-state index contributed by atoms with van der Waals surface area (Å²) in [5.41, 5.74) is -0.500. The van der Waals surface area contributed by atoms with Crippen molar-refractivity contribution in [1.82, 2.24) is 9.78 Å². The summed E-state index contributed by atoms with van der Waals surface area (Å²) in [5.74, 6) is 0. The Kier molecular flexibility index (Phi) is 4.01. The van der Waals surface area contributed by atoms with Crippen molar-refractivity contribution >= 4 is 12.6 Å². The molecule has 6 heteroatoms. The Bertz CT molecular complexity index is 377. The lowest BCUT2D eigenvalue weighted by Gasteiger charge is -2.41. The Labute approximate surface area is 103 Å². The number of aromatic nitrogens is 2. The van der Waals surface area contributed by atoms with Crippen LogP contribution in [0.3, 0.4) is 0 Å². The van der Waals surface area contributed by atoms with Gasteiger partial charge in [0.25, 0.3) is 0 Å². The average molecular weight is 240 g/mol. The van der Waals surface area contributed by atoms with Crippen LogP contribution < -0.4 is 5.46 Å². The summed E-state index contributed by atoms with van der Waals surface area (Å²) >= 11 is 0. The van der Waals surface area contributed by atoms with Crippen LogP contribution in [-0.4, -0.2) is 40.2 Å². The molecule has 0 fully saturated rings. The summed E-state index contributed by atoms with van der Waals surface area (Å²) in [5, 5.41) is 14.0. The summed E-state index contributed by atoms with van der Waals surface area (Å²) in [6, 6.07) is 0. The minimum atomic E-state index is -1.01. The molecule has 1 rings (SSSR count). The number of ether oxygens (including phenoxy) is 1. The van der Waals surface area contributed by atoms with Crippen molar-refractivity contribution in [3.63, 3.8) is 0 Å². The van der Waals surface area contributed by atoms with Gasteiger partial charge in [-0.1, -0.05) is 0 Å². The van der Waals surface area contributed by atoms with E-state index in [4.69, 9.17) is 9.39 Å². The fraction of sp³-hybridized carbons (Fsp3) is 0.727. The lowest BCUT2D eigenvalue weighted by atomic mass is 9.78. The molecule has 0 radical (unpaired) electrons. The monoisotopic (exact) mass is 240 g/mol. The Hall–Kier alpha value is -0.845. The molecule has 0 amide bonds. The molecule has 0 saturated heterocycles. The molecule has 1 N–H and O–H groups in total. The van der Waals surface area contributed by atoms with E-state index in [1.807, 2.05) is 27.7 Å². The molecule has 17 heavy (non-hydrogen) atoms. The number of aryl methyl sites for hydroxylation is 1. The van der Waals surface area contributed by atoms with Gasteiger partial charge in [-0.3, -0.25) is 4.68 Å². The van der Waals surface area contributed by atoms with Gasteiger partial charge >= 0.3 is 7.12 Å². The predicted molar refractivity (Wildman–Crippen MR) is 67.1 cm³/mol. The molecule has 0 spiro atoms. The molecule has 0 aliphatic rings. The molecule has 0 aliphatic heterocycles. The zero-order chi connectivity index (χ0) is 13.3. The molecule has 0 bridgehead atoms. The quantitative estimate of drug-likeness (QED) is 0.753. The van der Waals surface area contributed by atoms with Gasteiger partial charge in [0.05, 0.1) is 11.2 Å². The molecule has 1 aromatic rings. The second-order valence-corrected chi connectivity index (χ2v) is 5.14. The highest BCUT2D eigenvalue weighted by Crippen LogP contribution is 2.28. The number of nitrogens with zero attached hydrogens (tertiary/aromatic N) is 2. The molecule has 0 atom stereocenters. The standard InChI is InChI=1S/C11H21BN2O3/c1-10(2,16-6)11(3,4)17-12(15)9-7-13-14(5)8-9/h7-8,15H,1-6H3. The minimum absolute atomic E-state index is 0.504. The van der Waals surface area contributed by atoms with Crippen LogP contribution in [0.15, 0.2) is 12.4 Å². The highest BCUT2D eigenvalue weighted by molar-refractivity contribution is 6.59. The van der Waals surface area contributed by atoms with Crippen molar-refractivity contribution in [2.75, 3.05) is 7.11 Å². The third kappa shape index (κ3) is 3.09. The third-order valence-corrected chi connectivity index (χ3v) is 3.38. The van der Waals surface area contributed by atoms with E-state index in [1.54, 1.807) is 31.2 Å². The highest BCUT2D eigenvalue weighted by atomic mass is 16.6. The van der Waals surface area contributed by atoms with E-state index in [9.17, 15) is 5.02 Å². The van der Waals surface area contributed by atoms with Crippen molar-refractivity contribution in [2.45, 2.75) is 38.9 Å². The molecule has 0 aromatic carbocycles. The number of methoxy groups -OCH3 is 1. The van der Waals surface area contributed by atoms with Crippen LogP contribution in [0.2, 0.25) is 0 Å². The predicted octanol–water partition coefficient (Wildman–Crippen LogP) is 0.328. The minimum Gasteiger partial charge on any atom is -0.423 e. The van der Waals surface area contributed by atoms with Crippen molar-refractivity contribution in [3.05, 3.63) is 12.4 Å². The maximum Gasteiger partial charge on any atom is 0.494 e. The highest BCUT2D eigenvalue weighted by Gasteiger charge is 2.41. The van der Waals surface area contributed by atoms with Crippen LogP contribution in [0.1, 0.15) is 27.7 Å². The lowest BCUT2D eigenvalue weighted by Crippen LogP contribution is -2.54. The van der Waals surface area contributed by atoms with Gasteiger partial charge in [-0.2, -0.15) is 5.10 Å². The topological polar surface area (TPSA) is 56.5 Å². The number of hydrogen-bond donors (Lipinski definition) is 1. The van der Waals surface area contributed by atoms with Gasteiger partial charge in [0.15, 0.2) is 0 Å². The molecule has 5 nitrogen and oxygen atoms in total. The van der Waals surface area contributed by atoms with Gasteiger partial charge in [0, 0.05) is 32.0 Å². The first-order valence-electron chi connectivity index (χ1n) is 5.59. The van der Waals surface area contributed by atoms with Crippen LogP contribution in [0.4, 0.5) is 0 Å². The SMILES string of the molecule is COC(C)(C)C(C)(C)OB(O)c1cnn(C)c1. The number of hydrogen-bond acceptors (Lipinski definition) is 4. The zero-order valence-corrected chi connectivity index (χ0v) is 11.4. The fourth-order valence-electron chi connectivity index (χ4n) is 1.30. The summed E-state index contributed by atoms with van der Waals surface area (Å²) in [6.07, 6.45) is 3.31. The summed E-state index contributed by atoms with van der Waals surface area (Å²) in [6.45, 7) is 7.61. The van der Waals surface area contributed by atoms with E-state index >= 15 is 0 Å². The summed E-state index contributed by atoms with van der Waals surface area (Å²) in [7, 11) is 2.41. The molecule has 96 valence electrons. The van der Waals surface area contributed by atoms with Crippen LogP contribution in [0.25, 0.3) is 0 Å². The van der Waals surface area contributed by atoms with Gasteiger partial charge in [0.2, 0.25) is 0 Å². The Morgan fingerprint density at radius 1 is 1.29 bits per heavy atom. The van der Waals surface area contributed by atoms with Crippen LogP contribution in [0, 0.1) is 0 Å². The molecule has 0 saturated carbocycles. The first-order chi connectivity index (χ1) is 7.69. The Morgan fingerprint density at radius 2 is 1.88 bits per heavy atom. The van der Waals surface area contributed by atoms with Crippen molar-refractivity contribution < 1.29 is 14.4 Å². The lowest BCUT2D eigenvalue weighted by molar-refractivity contribution is -0.121. The zero-order valence-electron chi connectivity index (χ0n) is 11.4. The van der Waals surface area contributed by atoms with E-state index < -0.39 is 18.3 Å². The summed E-state index contributed by atoms with van der Waals surface area (Å²) in [4.78, 5) is 0.